The summed E-state index contributed by atoms with van der Waals surface area (Å²) in [6, 6.07) is 44.1. The van der Waals surface area contributed by atoms with Gasteiger partial charge in [-0.2, -0.15) is 0 Å². The van der Waals surface area contributed by atoms with Gasteiger partial charge in [0.15, 0.2) is 0 Å². The number of fused-ring (bicyclic) bond motifs is 7. The van der Waals surface area contributed by atoms with E-state index in [1.54, 1.807) is 0 Å². The van der Waals surface area contributed by atoms with Gasteiger partial charge in [0.2, 0.25) is 0 Å². The van der Waals surface area contributed by atoms with E-state index in [9.17, 15) is 0 Å². The maximum absolute atomic E-state index is 2.48. The third-order valence-electron chi connectivity index (χ3n) is 7.93. The van der Waals surface area contributed by atoms with Crippen molar-refractivity contribution in [1.29, 1.82) is 0 Å². The third-order valence-corrected chi connectivity index (χ3v) is 7.93. The van der Waals surface area contributed by atoms with E-state index in [-0.39, 0.29) is 0 Å². The average Bonchev–Trinajstić information content (AvgIpc) is 3.37. The number of nitrogens with zero attached hydrogens (tertiary/aromatic N) is 2. The van der Waals surface area contributed by atoms with Gasteiger partial charge in [-0.3, -0.25) is 0 Å². The second-order valence-corrected chi connectivity index (χ2v) is 10.1. The Morgan fingerprint density at radius 1 is 0.500 bits per heavy atom. The van der Waals surface area contributed by atoms with Crippen LogP contribution in [0.25, 0.3) is 67.2 Å². The average molecular weight is 517 g/mol. The predicted molar refractivity (Wildman–Crippen MR) is 172 cm³/mol. The first-order valence-electron chi connectivity index (χ1n) is 14.4. The number of aromatic nitrogens is 2. The molecule has 0 radical (unpaired) electrons. The standard InChI is InChI=1S/C36H26N2.C2H6/c1-2-12-25(13-3-1)26-14-10-15-27(24-26)37-32-20-6-4-16-28(32)30-18-11-19-31-29-17-5-7-21-33(29)38(36(30)31)35-23-9-8-22-34(35)37;1-2/h1-3,5,7-24H,4,6H2;1-2H3. The Balaban J connectivity index is 0.00000130. The fraction of sp³-hybridized carbons (Fsp3) is 0.105. The summed E-state index contributed by atoms with van der Waals surface area (Å²) >= 11 is 0. The number of hydrogen-bond acceptors (Lipinski definition) is 0. The SMILES string of the molecule is C1=c2c(n(-c3cccc(-c4ccccc4)c3)c3ccccc3n3c4ccccc4c4cccc2c43)=CCC1.CC. The summed E-state index contributed by atoms with van der Waals surface area (Å²) in [5.41, 5.74) is 8.54. The molecule has 0 spiro atoms. The minimum Gasteiger partial charge on any atom is -0.308 e. The summed E-state index contributed by atoms with van der Waals surface area (Å²) in [7, 11) is 0. The highest BCUT2D eigenvalue weighted by atomic mass is 15.0. The van der Waals surface area contributed by atoms with Crippen molar-refractivity contribution >= 4 is 50.4 Å². The molecule has 2 nitrogen and oxygen atoms in total. The molecule has 2 heterocycles. The molecule has 0 saturated heterocycles. The molecule has 8 rings (SSSR count). The summed E-state index contributed by atoms with van der Waals surface area (Å²) in [5, 5.41) is 6.46. The molecule has 0 bridgehead atoms. The molecule has 0 N–H and O–H groups in total. The lowest BCUT2D eigenvalue weighted by atomic mass is 10.0. The number of para-hydroxylation sites is 4. The minimum absolute atomic E-state index is 1.04. The van der Waals surface area contributed by atoms with Gasteiger partial charge in [0.1, 0.15) is 0 Å². The molecule has 0 atom stereocenters. The molecular formula is C38H32N2. The predicted octanol–water partition coefficient (Wildman–Crippen LogP) is 8.80. The smallest absolute Gasteiger partial charge is 0.0703 e. The monoisotopic (exact) mass is 516 g/mol. The van der Waals surface area contributed by atoms with Crippen molar-refractivity contribution < 1.29 is 0 Å². The largest absolute Gasteiger partial charge is 0.308 e. The zero-order chi connectivity index (χ0) is 27.1. The summed E-state index contributed by atoms with van der Waals surface area (Å²) in [6.45, 7) is 4.00. The maximum atomic E-state index is 2.48. The summed E-state index contributed by atoms with van der Waals surface area (Å²) in [5.74, 6) is 0. The fourth-order valence-corrected chi connectivity index (χ4v) is 6.31. The van der Waals surface area contributed by atoms with E-state index in [0.717, 1.165) is 12.8 Å². The van der Waals surface area contributed by atoms with Gasteiger partial charge < -0.3 is 8.97 Å². The van der Waals surface area contributed by atoms with Gasteiger partial charge in [-0.15, -0.1) is 0 Å². The summed E-state index contributed by atoms with van der Waals surface area (Å²) in [4.78, 5) is 0. The lowest BCUT2D eigenvalue weighted by Crippen LogP contribution is -2.35. The highest BCUT2D eigenvalue weighted by Crippen LogP contribution is 2.33. The molecule has 194 valence electrons. The first kappa shape index (κ1) is 24.2. The van der Waals surface area contributed by atoms with Crippen molar-refractivity contribution in [3.05, 3.63) is 132 Å². The highest BCUT2D eigenvalue weighted by Gasteiger charge is 2.15. The van der Waals surface area contributed by atoms with Crippen LogP contribution in [0, 0.1) is 0 Å². The number of benzene rings is 5. The Hall–Kier alpha value is -4.82. The van der Waals surface area contributed by atoms with Crippen molar-refractivity contribution in [2.24, 2.45) is 0 Å². The zero-order valence-corrected chi connectivity index (χ0v) is 23.0. The van der Waals surface area contributed by atoms with Crippen LogP contribution >= 0.6 is 0 Å². The van der Waals surface area contributed by atoms with Gasteiger partial charge >= 0.3 is 0 Å². The van der Waals surface area contributed by atoms with Crippen LogP contribution < -0.4 is 10.6 Å². The van der Waals surface area contributed by atoms with E-state index in [1.165, 1.54) is 65.6 Å². The molecule has 7 aromatic rings. The van der Waals surface area contributed by atoms with Crippen LogP contribution in [0.5, 0.6) is 0 Å². The van der Waals surface area contributed by atoms with E-state index in [4.69, 9.17) is 0 Å². The molecule has 2 heteroatoms. The van der Waals surface area contributed by atoms with Gasteiger partial charge in [0.25, 0.3) is 0 Å². The molecule has 5 aromatic carbocycles. The molecule has 1 aliphatic carbocycles. The van der Waals surface area contributed by atoms with Crippen LogP contribution in [0.4, 0.5) is 0 Å². The van der Waals surface area contributed by atoms with Crippen molar-refractivity contribution in [1.82, 2.24) is 8.97 Å². The molecule has 1 aliphatic rings. The second kappa shape index (κ2) is 10.1. The molecule has 2 aromatic heterocycles. The van der Waals surface area contributed by atoms with Crippen LogP contribution in [-0.4, -0.2) is 8.97 Å². The first-order valence-corrected chi connectivity index (χ1v) is 14.4. The van der Waals surface area contributed by atoms with Crippen molar-refractivity contribution in [2.45, 2.75) is 26.7 Å². The fourth-order valence-electron chi connectivity index (χ4n) is 6.31. The van der Waals surface area contributed by atoms with Crippen molar-refractivity contribution in [3.63, 3.8) is 0 Å². The van der Waals surface area contributed by atoms with Crippen LogP contribution in [0.3, 0.4) is 0 Å². The number of hydrogen-bond donors (Lipinski definition) is 0. The van der Waals surface area contributed by atoms with Crippen LogP contribution in [0.1, 0.15) is 26.7 Å². The van der Waals surface area contributed by atoms with Gasteiger partial charge in [-0.1, -0.05) is 117 Å². The lowest BCUT2D eigenvalue weighted by molar-refractivity contribution is 1.00. The maximum Gasteiger partial charge on any atom is 0.0703 e. The first-order chi connectivity index (χ1) is 19.9. The van der Waals surface area contributed by atoms with Crippen molar-refractivity contribution in [2.75, 3.05) is 0 Å². The second-order valence-electron chi connectivity index (χ2n) is 10.1. The molecule has 0 unspecified atom stereocenters. The Morgan fingerprint density at radius 3 is 1.98 bits per heavy atom. The molecule has 40 heavy (non-hydrogen) atoms. The van der Waals surface area contributed by atoms with E-state index in [0.29, 0.717) is 0 Å². The van der Waals surface area contributed by atoms with E-state index in [2.05, 4.69) is 142 Å². The Bertz CT molecular complexity index is 2180. The van der Waals surface area contributed by atoms with Gasteiger partial charge in [0.05, 0.1) is 22.1 Å². The minimum atomic E-state index is 1.04. The molecule has 0 saturated carbocycles. The number of rotatable bonds is 2. The quantitative estimate of drug-likeness (QED) is 0.217. The Kier molecular flexibility index (Phi) is 6.09. The highest BCUT2D eigenvalue weighted by molar-refractivity contribution is 6.15. The summed E-state index contributed by atoms with van der Waals surface area (Å²) < 4.78 is 4.96. The van der Waals surface area contributed by atoms with Crippen LogP contribution in [0.15, 0.2) is 121 Å². The van der Waals surface area contributed by atoms with E-state index in [1.807, 2.05) is 13.8 Å². The van der Waals surface area contributed by atoms with Gasteiger partial charge in [-0.05, 0) is 54.3 Å². The molecule has 0 fully saturated rings. The van der Waals surface area contributed by atoms with Gasteiger partial charge in [0, 0.05) is 32.4 Å². The van der Waals surface area contributed by atoms with Crippen LogP contribution in [-0.2, 0) is 0 Å². The topological polar surface area (TPSA) is 9.34 Å². The van der Waals surface area contributed by atoms with E-state index < -0.39 is 0 Å². The molecule has 0 amide bonds. The molecule has 0 aliphatic heterocycles. The van der Waals surface area contributed by atoms with Gasteiger partial charge in [-0.25, -0.2) is 0 Å². The Morgan fingerprint density at radius 2 is 1.12 bits per heavy atom. The third kappa shape index (κ3) is 3.71. The molecular weight excluding hydrogens is 484 g/mol. The zero-order valence-electron chi connectivity index (χ0n) is 23.0. The normalized spacial score (nSPS) is 12.4. The van der Waals surface area contributed by atoms with Crippen molar-refractivity contribution in [3.8, 4) is 16.8 Å². The Labute approximate surface area is 234 Å². The van der Waals surface area contributed by atoms with E-state index >= 15 is 0 Å². The lowest BCUT2D eigenvalue weighted by Gasteiger charge is -2.17. The van der Waals surface area contributed by atoms with Crippen LogP contribution in [0.2, 0.25) is 0 Å². The summed E-state index contributed by atoms with van der Waals surface area (Å²) in [6.07, 6.45) is 6.95.